The zero-order valence-electron chi connectivity index (χ0n) is 37.6. The standard InChI is InChI=1S/C25H41BF2O3.C20H34O3/c1-15(23(12)17(29)31-18(30)24(23,13)26)16(2)25(27,28)22(10,11)21(8,9)20(6,7)14-19(3,4)5;1-14(9-15-10-16(21)23-17(15)22)11-19(5,6)13-20(7,8)12-18(2,3)4/h15H,2,14H2,1,3-13H3;15H,1,9-13H2,2-8H3/t15-,23-,24+;/m1./s1. The fourth-order valence-electron chi connectivity index (χ4n) is 9.78. The zero-order valence-corrected chi connectivity index (χ0v) is 37.6. The van der Waals surface area contributed by atoms with E-state index >= 15 is 8.78 Å². The smallest absolute Gasteiger partial charge is 0.320 e. The molecule has 2 heterocycles. The lowest BCUT2D eigenvalue weighted by molar-refractivity contribution is -0.179. The number of allylic oxidation sites excluding steroid dienone is 2. The number of rotatable bonds is 14. The van der Waals surface area contributed by atoms with Crippen molar-refractivity contribution in [1.29, 1.82) is 0 Å². The predicted octanol–water partition coefficient (Wildman–Crippen LogP) is 12.1. The number of cyclic esters (lactones) is 4. The Morgan fingerprint density at radius 1 is 0.741 bits per heavy atom. The molecule has 4 atom stereocenters. The summed E-state index contributed by atoms with van der Waals surface area (Å²) in [6, 6.07) is 0. The van der Waals surface area contributed by atoms with Gasteiger partial charge in [-0.15, -0.1) is 0 Å². The number of halogens is 2. The lowest BCUT2D eigenvalue weighted by Crippen LogP contribution is -2.56. The molecule has 6 nitrogen and oxygen atoms in total. The molecule has 2 rings (SSSR count). The van der Waals surface area contributed by atoms with Gasteiger partial charge in [-0.25, -0.2) is 8.78 Å². The Morgan fingerprint density at radius 3 is 1.57 bits per heavy atom. The van der Waals surface area contributed by atoms with Gasteiger partial charge in [0.25, 0.3) is 5.92 Å². The first-order valence-electron chi connectivity index (χ1n) is 19.6. The molecule has 1 unspecified atom stereocenters. The molecule has 2 aliphatic heterocycles. The van der Waals surface area contributed by atoms with Crippen LogP contribution in [0.15, 0.2) is 24.3 Å². The van der Waals surface area contributed by atoms with Crippen molar-refractivity contribution in [2.45, 2.75) is 181 Å². The van der Waals surface area contributed by atoms with Gasteiger partial charge in [0.15, 0.2) is 0 Å². The van der Waals surface area contributed by atoms with Crippen LogP contribution in [0.4, 0.5) is 8.78 Å². The average Bonchev–Trinajstić information content (AvgIpc) is 3.30. The van der Waals surface area contributed by atoms with Crippen LogP contribution in [-0.2, 0) is 28.7 Å². The number of hydrogen-bond donors (Lipinski definition) is 0. The highest BCUT2D eigenvalue weighted by Gasteiger charge is 2.67. The van der Waals surface area contributed by atoms with Gasteiger partial charge in [0.05, 0.1) is 25.6 Å². The maximum absolute atomic E-state index is 16.2. The number of carbonyl (C=O) groups is 4. The molecule has 0 amide bonds. The number of hydrogen-bond acceptors (Lipinski definition) is 6. The highest BCUT2D eigenvalue weighted by atomic mass is 19.3. The van der Waals surface area contributed by atoms with E-state index in [2.05, 4.69) is 87.1 Å². The first-order valence-corrected chi connectivity index (χ1v) is 19.6. The van der Waals surface area contributed by atoms with Crippen molar-refractivity contribution < 1.29 is 37.4 Å². The second kappa shape index (κ2) is 15.6. The number of alkyl halides is 2. The van der Waals surface area contributed by atoms with Gasteiger partial charge in [0.1, 0.15) is 0 Å². The van der Waals surface area contributed by atoms with Crippen LogP contribution in [0.2, 0.25) is 5.31 Å². The van der Waals surface area contributed by atoms with E-state index in [1.165, 1.54) is 27.2 Å². The Kier molecular flexibility index (Phi) is 14.3. The van der Waals surface area contributed by atoms with E-state index in [0.717, 1.165) is 24.8 Å². The lowest BCUT2D eigenvalue weighted by atomic mass is 9.47. The number of carbonyl (C=O) groups excluding carboxylic acids is 4. The summed E-state index contributed by atoms with van der Waals surface area (Å²) in [5.41, 5.74) is -3.15. The molecule has 0 spiro atoms. The molecule has 2 saturated heterocycles. The van der Waals surface area contributed by atoms with Crippen LogP contribution in [-0.4, -0.2) is 37.6 Å². The quantitative estimate of drug-likeness (QED) is 0.0758. The molecule has 0 aromatic rings. The van der Waals surface area contributed by atoms with Crippen LogP contribution in [0.5, 0.6) is 0 Å². The van der Waals surface area contributed by atoms with Crippen molar-refractivity contribution in [3.63, 3.8) is 0 Å². The summed E-state index contributed by atoms with van der Waals surface area (Å²) in [5, 5.41) is -1.73. The largest absolute Gasteiger partial charge is 0.393 e. The van der Waals surface area contributed by atoms with Crippen molar-refractivity contribution in [2.75, 3.05) is 0 Å². The van der Waals surface area contributed by atoms with E-state index in [1.54, 1.807) is 13.8 Å². The van der Waals surface area contributed by atoms with Crippen LogP contribution in [0.1, 0.15) is 170 Å². The van der Waals surface area contributed by atoms with E-state index in [0.29, 0.717) is 11.8 Å². The maximum atomic E-state index is 16.2. The summed E-state index contributed by atoms with van der Waals surface area (Å²) < 4.78 is 41.8. The Bertz CT molecular complexity index is 1470. The SMILES string of the molecule is C=C(CC1CC(=O)OC1=O)CC(C)(C)CC(C)(C)CC(C)(C)C.[B][C@@]1(C)C(=O)OC(=O)[C@@]1(C)[C@H](C)C(=C)C(F)(F)C(C)(C)C(C)(C)C(C)(C)CC(C)(C)C. The van der Waals surface area contributed by atoms with Gasteiger partial charge in [-0.2, -0.15) is 0 Å². The number of ether oxygens (including phenoxy) is 2. The van der Waals surface area contributed by atoms with Gasteiger partial charge >= 0.3 is 23.9 Å². The third-order valence-corrected chi connectivity index (χ3v) is 13.1. The summed E-state index contributed by atoms with van der Waals surface area (Å²) >= 11 is 0. The Balaban J connectivity index is 0.000000564. The molecule has 0 aromatic carbocycles. The average molecular weight is 761 g/mol. The number of esters is 4. The van der Waals surface area contributed by atoms with Crippen molar-refractivity contribution in [1.82, 2.24) is 0 Å². The molecular formula is C45H75BF2O6. The molecule has 0 N–H and O–H groups in total. The Hall–Kier alpha value is -2.32. The molecule has 0 aromatic heterocycles. The highest BCUT2D eigenvalue weighted by molar-refractivity contribution is 6.32. The molecule has 2 fully saturated rings. The van der Waals surface area contributed by atoms with Crippen LogP contribution in [0.25, 0.3) is 0 Å². The van der Waals surface area contributed by atoms with Crippen LogP contribution < -0.4 is 0 Å². The predicted molar refractivity (Wildman–Crippen MR) is 216 cm³/mol. The van der Waals surface area contributed by atoms with Crippen molar-refractivity contribution in [2.24, 2.45) is 55.2 Å². The normalized spacial score (nSPS) is 24.1. The molecule has 308 valence electrons. The maximum Gasteiger partial charge on any atom is 0.320 e. The van der Waals surface area contributed by atoms with E-state index in [4.69, 9.17) is 12.6 Å². The van der Waals surface area contributed by atoms with Gasteiger partial charge in [-0.3, -0.25) is 19.2 Å². The summed E-state index contributed by atoms with van der Waals surface area (Å²) in [7, 11) is 6.12. The molecule has 54 heavy (non-hydrogen) atoms. The summed E-state index contributed by atoms with van der Waals surface area (Å²) in [6.45, 7) is 45.4. The summed E-state index contributed by atoms with van der Waals surface area (Å²) in [4.78, 5) is 47.4. The first kappa shape index (κ1) is 49.7. The van der Waals surface area contributed by atoms with Gasteiger partial charge in [-0.1, -0.05) is 143 Å². The third-order valence-electron chi connectivity index (χ3n) is 13.1. The van der Waals surface area contributed by atoms with Crippen molar-refractivity contribution >= 4 is 31.7 Å². The van der Waals surface area contributed by atoms with Crippen molar-refractivity contribution in [3.8, 4) is 0 Å². The third kappa shape index (κ3) is 10.7. The monoisotopic (exact) mass is 761 g/mol. The van der Waals surface area contributed by atoms with Crippen LogP contribution in [0.3, 0.4) is 0 Å². The molecule has 2 aliphatic rings. The van der Waals surface area contributed by atoms with Gasteiger partial charge in [0.2, 0.25) is 0 Å². The molecule has 9 heteroatoms. The van der Waals surface area contributed by atoms with Gasteiger partial charge in [-0.05, 0) is 83.0 Å². The minimum atomic E-state index is -3.35. The fourth-order valence-corrected chi connectivity index (χ4v) is 9.78. The van der Waals surface area contributed by atoms with Crippen LogP contribution in [0, 0.1) is 55.2 Å². The van der Waals surface area contributed by atoms with E-state index in [9.17, 15) is 19.2 Å². The van der Waals surface area contributed by atoms with E-state index < -0.39 is 62.3 Å². The Labute approximate surface area is 329 Å². The Morgan fingerprint density at radius 2 is 1.20 bits per heavy atom. The lowest BCUT2D eigenvalue weighted by Gasteiger charge is -2.57. The molecule has 0 saturated carbocycles. The van der Waals surface area contributed by atoms with Gasteiger partial charge in [0, 0.05) is 10.7 Å². The zero-order chi connectivity index (χ0) is 43.3. The molecule has 2 radical (unpaired) electrons. The summed E-state index contributed by atoms with van der Waals surface area (Å²) in [6.07, 6.45) is 4.65. The second-order valence-electron chi connectivity index (χ2n) is 22.8. The molecule has 0 bridgehead atoms. The van der Waals surface area contributed by atoms with Crippen LogP contribution >= 0.6 is 0 Å². The minimum absolute atomic E-state index is 0.0424. The molecule has 0 aliphatic carbocycles. The minimum Gasteiger partial charge on any atom is -0.393 e. The first-order chi connectivity index (χ1) is 23.5. The molecular weight excluding hydrogens is 685 g/mol. The second-order valence-corrected chi connectivity index (χ2v) is 22.8. The van der Waals surface area contributed by atoms with E-state index in [1.807, 2.05) is 27.7 Å². The fraction of sp³-hybridized carbons (Fsp3) is 0.822. The van der Waals surface area contributed by atoms with Gasteiger partial charge < -0.3 is 9.47 Å². The van der Waals surface area contributed by atoms with E-state index in [-0.39, 0.29) is 34.6 Å². The van der Waals surface area contributed by atoms with Crippen molar-refractivity contribution in [3.05, 3.63) is 24.3 Å². The highest BCUT2D eigenvalue weighted by Crippen LogP contribution is 2.65. The topological polar surface area (TPSA) is 86.7 Å². The summed E-state index contributed by atoms with van der Waals surface area (Å²) in [5.74, 6) is -7.35.